The number of nitrogens with zero attached hydrogens (tertiary/aromatic N) is 3. The maximum atomic E-state index is 12.4. The van der Waals surface area contributed by atoms with Crippen LogP contribution < -0.4 is 0 Å². The molecule has 1 aromatic heterocycles. The summed E-state index contributed by atoms with van der Waals surface area (Å²) >= 11 is 3.07. The largest absolute Gasteiger partial charge is 0.441 e. The standard InChI is InChI=1S/C15H21N3O3S2/c1-11-8-22-13(16-11)23-9-12(19)18-6-3-4-15(5-7-18)10-17(2)14(20)21-15/h8H,3-7,9-10H2,1-2H3. The average molecular weight is 355 g/mol. The fraction of sp³-hybridized carbons (Fsp3) is 0.667. The Kier molecular flexibility index (Phi) is 4.82. The summed E-state index contributed by atoms with van der Waals surface area (Å²) in [6.07, 6.45) is 2.16. The number of hydrogen-bond acceptors (Lipinski definition) is 6. The van der Waals surface area contributed by atoms with Crippen molar-refractivity contribution >= 4 is 35.1 Å². The van der Waals surface area contributed by atoms with E-state index < -0.39 is 5.60 Å². The highest BCUT2D eigenvalue weighted by Gasteiger charge is 2.44. The normalized spacial score (nSPS) is 24.9. The molecule has 8 heteroatoms. The number of amides is 2. The predicted octanol–water partition coefficient (Wildman–Crippen LogP) is 2.38. The SMILES string of the molecule is Cc1csc(SCC(=O)N2CCCC3(CC2)CN(C)C(=O)O3)n1. The Morgan fingerprint density at radius 1 is 1.48 bits per heavy atom. The maximum Gasteiger partial charge on any atom is 0.410 e. The molecule has 126 valence electrons. The molecule has 0 aliphatic carbocycles. The summed E-state index contributed by atoms with van der Waals surface area (Å²) in [5.41, 5.74) is 0.592. The number of likely N-dealkylation sites (tertiary alicyclic amines) is 1. The van der Waals surface area contributed by atoms with E-state index in [9.17, 15) is 9.59 Å². The minimum atomic E-state index is -0.402. The number of likely N-dealkylation sites (N-methyl/N-ethyl adjacent to an activating group) is 1. The Hall–Kier alpha value is -1.28. The highest BCUT2D eigenvalue weighted by atomic mass is 32.2. The van der Waals surface area contributed by atoms with E-state index in [0.717, 1.165) is 35.8 Å². The summed E-state index contributed by atoms with van der Waals surface area (Å²) in [6, 6.07) is 0. The summed E-state index contributed by atoms with van der Waals surface area (Å²) in [5.74, 6) is 0.553. The van der Waals surface area contributed by atoms with E-state index >= 15 is 0 Å². The molecule has 2 amide bonds. The van der Waals surface area contributed by atoms with E-state index in [1.165, 1.54) is 11.8 Å². The predicted molar refractivity (Wildman–Crippen MR) is 89.8 cm³/mol. The van der Waals surface area contributed by atoms with Crippen LogP contribution >= 0.6 is 23.1 Å². The topological polar surface area (TPSA) is 62.7 Å². The first-order valence-corrected chi connectivity index (χ1v) is 9.61. The van der Waals surface area contributed by atoms with Gasteiger partial charge in [0.25, 0.3) is 0 Å². The van der Waals surface area contributed by atoms with Crippen molar-refractivity contribution in [2.45, 2.75) is 36.1 Å². The van der Waals surface area contributed by atoms with E-state index in [1.807, 2.05) is 17.2 Å². The van der Waals surface area contributed by atoms with Gasteiger partial charge < -0.3 is 14.5 Å². The fourth-order valence-corrected chi connectivity index (χ4v) is 4.83. The van der Waals surface area contributed by atoms with Crippen LogP contribution in [-0.4, -0.2) is 64.8 Å². The lowest BCUT2D eigenvalue weighted by Crippen LogP contribution is -2.37. The Morgan fingerprint density at radius 2 is 2.30 bits per heavy atom. The van der Waals surface area contributed by atoms with E-state index in [2.05, 4.69) is 4.98 Å². The molecule has 2 saturated heterocycles. The second-order valence-corrected chi connectivity index (χ2v) is 8.27. The van der Waals surface area contributed by atoms with E-state index in [0.29, 0.717) is 18.8 Å². The van der Waals surface area contributed by atoms with E-state index in [4.69, 9.17) is 4.74 Å². The zero-order valence-corrected chi connectivity index (χ0v) is 15.0. The van der Waals surface area contributed by atoms with Crippen LogP contribution in [0.25, 0.3) is 0 Å². The van der Waals surface area contributed by atoms with Crippen molar-refractivity contribution in [2.24, 2.45) is 0 Å². The van der Waals surface area contributed by atoms with Gasteiger partial charge in [-0.2, -0.15) is 0 Å². The molecule has 23 heavy (non-hydrogen) atoms. The molecule has 3 rings (SSSR count). The van der Waals surface area contributed by atoms with Crippen molar-refractivity contribution < 1.29 is 14.3 Å². The average Bonchev–Trinajstić information content (AvgIpc) is 2.96. The first-order chi connectivity index (χ1) is 11.0. The fourth-order valence-electron chi connectivity index (χ4n) is 3.08. The van der Waals surface area contributed by atoms with Crippen molar-refractivity contribution in [3.05, 3.63) is 11.1 Å². The minimum Gasteiger partial charge on any atom is -0.441 e. The number of thioether (sulfide) groups is 1. The van der Waals surface area contributed by atoms with Crippen LogP contribution in [0.1, 0.15) is 25.0 Å². The van der Waals surface area contributed by atoms with Gasteiger partial charge in [-0.1, -0.05) is 11.8 Å². The number of ether oxygens (including phenoxy) is 1. The molecule has 2 aliphatic heterocycles. The molecule has 3 heterocycles. The van der Waals surface area contributed by atoms with Gasteiger partial charge in [-0.15, -0.1) is 11.3 Å². The summed E-state index contributed by atoms with van der Waals surface area (Å²) in [4.78, 5) is 32.0. The minimum absolute atomic E-state index is 0.137. The van der Waals surface area contributed by atoms with Crippen molar-refractivity contribution in [2.75, 3.05) is 32.4 Å². The molecule has 0 N–H and O–H groups in total. The molecule has 0 saturated carbocycles. The van der Waals surface area contributed by atoms with Crippen molar-refractivity contribution in [1.29, 1.82) is 0 Å². The van der Waals surface area contributed by atoms with E-state index in [1.54, 1.807) is 23.3 Å². The first-order valence-electron chi connectivity index (χ1n) is 7.74. The van der Waals surface area contributed by atoms with Crippen molar-refractivity contribution in [3.63, 3.8) is 0 Å². The van der Waals surface area contributed by atoms with Crippen LogP contribution in [-0.2, 0) is 9.53 Å². The van der Waals surface area contributed by atoms with Gasteiger partial charge in [0.05, 0.1) is 12.3 Å². The molecular weight excluding hydrogens is 334 g/mol. The number of hydrogen-bond donors (Lipinski definition) is 0. The van der Waals surface area contributed by atoms with E-state index in [-0.39, 0.29) is 12.0 Å². The molecule has 2 fully saturated rings. The number of aromatic nitrogens is 1. The number of rotatable bonds is 3. The molecule has 6 nitrogen and oxygen atoms in total. The van der Waals surface area contributed by atoms with Crippen LogP contribution in [0, 0.1) is 6.92 Å². The van der Waals surface area contributed by atoms with Crippen molar-refractivity contribution in [3.8, 4) is 0 Å². The third-order valence-electron chi connectivity index (χ3n) is 4.31. The molecule has 0 bridgehead atoms. The zero-order chi connectivity index (χ0) is 16.4. The van der Waals surface area contributed by atoms with Crippen LogP contribution in [0.4, 0.5) is 4.79 Å². The smallest absolute Gasteiger partial charge is 0.410 e. The number of carbonyl (C=O) groups excluding carboxylic acids is 2. The number of aryl methyl sites for hydroxylation is 1. The van der Waals surface area contributed by atoms with Crippen LogP contribution in [0.5, 0.6) is 0 Å². The lowest BCUT2D eigenvalue weighted by atomic mass is 9.95. The monoisotopic (exact) mass is 355 g/mol. The first kappa shape index (κ1) is 16.6. The Morgan fingerprint density at radius 3 is 2.96 bits per heavy atom. The highest BCUT2D eigenvalue weighted by Crippen LogP contribution is 2.33. The third kappa shape index (κ3) is 3.80. The van der Waals surface area contributed by atoms with Crippen molar-refractivity contribution in [1.82, 2.24) is 14.8 Å². The molecule has 1 unspecified atom stereocenters. The molecule has 0 aromatic carbocycles. The van der Waals surface area contributed by atoms with Gasteiger partial charge in [0, 0.05) is 37.6 Å². The summed E-state index contributed by atoms with van der Waals surface area (Å²) < 4.78 is 6.52. The lowest BCUT2D eigenvalue weighted by molar-refractivity contribution is -0.128. The van der Waals surface area contributed by atoms with Gasteiger partial charge in [-0.25, -0.2) is 9.78 Å². The molecule has 1 aromatic rings. The molecule has 0 radical (unpaired) electrons. The lowest BCUT2D eigenvalue weighted by Gasteiger charge is -2.25. The highest BCUT2D eigenvalue weighted by molar-refractivity contribution is 8.01. The Balaban J connectivity index is 1.53. The molecular formula is C15H21N3O3S2. The number of carbonyl (C=O) groups is 2. The van der Waals surface area contributed by atoms with Crippen LogP contribution in [0.3, 0.4) is 0 Å². The maximum absolute atomic E-state index is 12.4. The Bertz CT molecular complexity index is 607. The van der Waals surface area contributed by atoms with Gasteiger partial charge >= 0.3 is 6.09 Å². The van der Waals surface area contributed by atoms with Gasteiger partial charge in [0.2, 0.25) is 5.91 Å². The second-order valence-electron chi connectivity index (χ2n) is 6.18. The zero-order valence-electron chi connectivity index (χ0n) is 13.4. The molecule has 1 atom stereocenters. The number of thiazole rings is 1. The summed E-state index contributed by atoms with van der Waals surface area (Å²) in [5, 5.41) is 1.99. The van der Waals surface area contributed by atoms with Crippen LogP contribution in [0.2, 0.25) is 0 Å². The third-order valence-corrected chi connectivity index (χ3v) is 6.43. The quantitative estimate of drug-likeness (QED) is 0.779. The molecule has 1 spiro atoms. The van der Waals surface area contributed by atoms with Gasteiger partial charge in [-0.05, 0) is 19.8 Å². The Labute approximate surface area is 144 Å². The van der Waals surface area contributed by atoms with Crippen LogP contribution in [0.15, 0.2) is 9.72 Å². The second kappa shape index (κ2) is 6.68. The molecule has 2 aliphatic rings. The van der Waals surface area contributed by atoms with Gasteiger partial charge in [-0.3, -0.25) is 4.79 Å². The van der Waals surface area contributed by atoms with Gasteiger partial charge in [0.15, 0.2) is 4.34 Å². The summed E-state index contributed by atoms with van der Waals surface area (Å²) in [7, 11) is 1.76. The van der Waals surface area contributed by atoms with Gasteiger partial charge in [0.1, 0.15) is 5.60 Å². The summed E-state index contributed by atoms with van der Waals surface area (Å²) in [6.45, 7) is 3.97.